The third-order valence-corrected chi connectivity index (χ3v) is 7.28. The molecule has 29 heavy (non-hydrogen) atoms. The van der Waals surface area contributed by atoms with Crippen LogP contribution in [-0.2, 0) is 0 Å². The number of halogens is 2. The van der Waals surface area contributed by atoms with E-state index < -0.39 is 11.6 Å². The summed E-state index contributed by atoms with van der Waals surface area (Å²) in [5, 5.41) is 0. The molecule has 2 fully saturated rings. The first-order chi connectivity index (χ1) is 14.1. The molecule has 2 aliphatic rings. The first-order valence-corrected chi connectivity index (χ1v) is 11.9. The van der Waals surface area contributed by atoms with E-state index in [1.165, 1.54) is 44.9 Å². The van der Waals surface area contributed by atoms with Gasteiger partial charge in [-0.2, -0.15) is 4.39 Å². The largest absolute Gasteiger partial charge is 0.491 e. The van der Waals surface area contributed by atoms with E-state index in [9.17, 15) is 8.78 Å². The number of hydrogen-bond donors (Lipinski definition) is 0. The zero-order valence-corrected chi connectivity index (χ0v) is 18.3. The van der Waals surface area contributed by atoms with Crippen molar-refractivity contribution in [2.24, 2.45) is 17.8 Å². The van der Waals surface area contributed by atoms with Crippen LogP contribution in [0.15, 0.2) is 24.3 Å². The van der Waals surface area contributed by atoms with Crippen LogP contribution in [0.5, 0.6) is 5.75 Å². The van der Waals surface area contributed by atoms with Crippen molar-refractivity contribution in [1.29, 1.82) is 0 Å². The molecule has 0 aliphatic heterocycles. The molecule has 0 amide bonds. The van der Waals surface area contributed by atoms with Gasteiger partial charge in [0.2, 0.25) is 5.82 Å². The van der Waals surface area contributed by atoms with E-state index in [0.717, 1.165) is 37.5 Å². The van der Waals surface area contributed by atoms with Crippen LogP contribution in [0.1, 0.15) is 96.0 Å². The van der Waals surface area contributed by atoms with Gasteiger partial charge < -0.3 is 4.74 Å². The summed E-state index contributed by atoms with van der Waals surface area (Å²) in [5.74, 6) is 1.10. The van der Waals surface area contributed by atoms with Gasteiger partial charge in [-0.05, 0) is 80.8 Å². The van der Waals surface area contributed by atoms with Gasteiger partial charge in [0.25, 0.3) is 0 Å². The molecule has 2 aliphatic carbocycles. The molecule has 3 rings (SSSR count). The molecule has 1 aromatic rings. The minimum Gasteiger partial charge on any atom is -0.491 e. The molecule has 1 nitrogen and oxygen atoms in total. The standard InChI is InChI=1S/C26H38F2O/c1-3-19-9-11-20(12-10-19)7-5-6-8-21-13-15-22(16-14-21)23-17-18-24(29-4-2)26(28)25(23)27/h6,8,17-22H,3-5,7,9-16H2,1-2H3/b8-6+. The zero-order valence-electron chi connectivity index (χ0n) is 18.3. The van der Waals surface area contributed by atoms with Gasteiger partial charge in [-0.3, -0.25) is 0 Å². The summed E-state index contributed by atoms with van der Waals surface area (Å²) in [6.07, 6.45) is 18.3. The molecular weight excluding hydrogens is 366 g/mol. The normalized spacial score (nSPS) is 28.0. The van der Waals surface area contributed by atoms with Crippen LogP contribution in [0.3, 0.4) is 0 Å². The number of allylic oxidation sites excluding steroid dienone is 2. The predicted octanol–water partition coefficient (Wildman–Crippen LogP) is 8.19. The van der Waals surface area contributed by atoms with Crippen LogP contribution < -0.4 is 4.74 Å². The number of rotatable bonds is 8. The second-order valence-corrected chi connectivity index (χ2v) is 9.13. The summed E-state index contributed by atoms with van der Waals surface area (Å²) in [4.78, 5) is 0. The molecule has 162 valence electrons. The highest BCUT2D eigenvalue weighted by atomic mass is 19.2. The minimum absolute atomic E-state index is 0.0218. The van der Waals surface area contributed by atoms with Gasteiger partial charge in [0.05, 0.1) is 6.61 Å². The van der Waals surface area contributed by atoms with Crippen LogP contribution >= 0.6 is 0 Å². The number of benzene rings is 1. The Morgan fingerprint density at radius 1 is 0.897 bits per heavy atom. The van der Waals surface area contributed by atoms with Gasteiger partial charge in [-0.1, -0.05) is 57.2 Å². The lowest BCUT2D eigenvalue weighted by Crippen LogP contribution is -2.14. The lowest BCUT2D eigenvalue weighted by atomic mass is 9.78. The van der Waals surface area contributed by atoms with E-state index in [0.29, 0.717) is 18.1 Å². The molecule has 0 heterocycles. The maximum Gasteiger partial charge on any atom is 0.200 e. The Hall–Kier alpha value is -1.38. The van der Waals surface area contributed by atoms with Gasteiger partial charge >= 0.3 is 0 Å². The second kappa shape index (κ2) is 11.1. The van der Waals surface area contributed by atoms with E-state index >= 15 is 0 Å². The first-order valence-electron chi connectivity index (χ1n) is 11.9. The molecule has 0 radical (unpaired) electrons. The van der Waals surface area contributed by atoms with Crippen molar-refractivity contribution in [2.45, 2.75) is 90.4 Å². The molecule has 0 bridgehead atoms. The SMILES string of the molecule is CCOc1ccc(C2CCC(/C=C/CCC3CCC(CC)CC3)CC2)c(F)c1F. The Kier molecular flexibility index (Phi) is 8.56. The number of ether oxygens (including phenoxy) is 1. The van der Waals surface area contributed by atoms with Crippen molar-refractivity contribution in [2.75, 3.05) is 6.61 Å². The molecule has 0 atom stereocenters. The zero-order chi connectivity index (χ0) is 20.6. The first kappa shape index (κ1) is 22.3. The van der Waals surface area contributed by atoms with Crippen LogP contribution in [0.2, 0.25) is 0 Å². The fraction of sp³-hybridized carbons (Fsp3) is 0.692. The summed E-state index contributed by atoms with van der Waals surface area (Å²) in [7, 11) is 0. The van der Waals surface area contributed by atoms with Gasteiger partial charge in [-0.25, -0.2) is 4.39 Å². The fourth-order valence-corrected chi connectivity index (χ4v) is 5.30. The maximum absolute atomic E-state index is 14.5. The van der Waals surface area contributed by atoms with Crippen LogP contribution in [-0.4, -0.2) is 6.61 Å². The lowest BCUT2D eigenvalue weighted by Gasteiger charge is -2.28. The van der Waals surface area contributed by atoms with E-state index in [1.807, 2.05) is 0 Å². The van der Waals surface area contributed by atoms with Crippen LogP contribution in [0, 0.1) is 29.4 Å². The molecule has 1 aromatic carbocycles. The van der Waals surface area contributed by atoms with Gasteiger partial charge in [0, 0.05) is 0 Å². The van der Waals surface area contributed by atoms with Crippen molar-refractivity contribution in [3.63, 3.8) is 0 Å². The van der Waals surface area contributed by atoms with Crippen molar-refractivity contribution in [1.82, 2.24) is 0 Å². The average molecular weight is 405 g/mol. The Bertz CT molecular complexity index is 653. The molecule has 0 unspecified atom stereocenters. The highest BCUT2D eigenvalue weighted by Gasteiger charge is 2.26. The van der Waals surface area contributed by atoms with E-state index in [2.05, 4.69) is 19.1 Å². The Morgan fingerprint density at radius 2 is 1.59 bits per heavy atom. The quantitative estimate of drug-likeness (QED) is 0.397. The van der Waals surface area contributed by atoms with Crippen molar-refractivity contribution in [3.8, 4) is 5.75 Å². The van der Waals surface area contributed by atoms with Crippen molar-refractivity contribution in [3.05, 3.63) is 41.5 Å². The number of hydrogen-bond acceptors (Lipinski definition) is 1. The Morgan fingerprint density at radius 3 is 2.24 bits per heavy atom. The van der Waals surface area contributed by atoms with E-state index in [4.69, 9.17) is 4.74 Å². The minimum atomic E-state index is -0.834. The molecule has 3 heteroatoms. The highest BCUT2D eigenvalue weighted by Crippen LogP contribution is 2.39. The topological polar surface area (TPSA) is 9.23 Å². The van der Waals surface area contributed by atoms with E-state index in [1.54, 1.807) is 19.1 Å². The van der Waals surface area contributed by atoms with E-state index in [-0.39, 0.29) is 11.7 Å². The van der Waals surface area contributed by atoms with Crippen molar-refractivity contribution >= 4 is 0 Å². The molecular formula is C26H38F2O. The predicted molar refractivity (Wildman–Crippen MR) is 116 cm³/mol. The summed E-state index contributed by atoms with van der Waals surface area (Å²) in [6, 6.07) is 3.30. The third kappa shape index (κ3) is 6.06. The summed E-state index contributed by atoms with van der Waals surface area (Å²) < 4.78 is 33.8. The lowest BCUT2D eigenvalue weighted by molar-refractivity contribution is 0.259. The summed E-state index contributed by atoms with van der Waals surface area (Å²) in [6.45, 7) is 4.44. The molecule has 0 saturated heterocycles. The molecule has 0 aromatic heterocycles. The van der Waals surface area contributed by atoms with Crippen molar-refractivity contribution < 1.29 is 13.5 Å². The average Bonchev–Trinajstić information content (AvgIpc) is 2.76. The Labute approximate surface area is 175 Å². The molecule has 2 saturated carbocycles. The van der Waals surface area contributed by atoms with Gasteiger partial charge in [0.1, 0.15) is 0 Å². The fourth-order valence-electron chi connectivity index (χ4n) is 5.30. The maximum atomic E-state index is 14.5. The molecule has 0 spiro atoms. The smallest absolute Gasteiger partial charge is 0.200 e. The monoisotopic (exact) mass is 404 g/mol. The van der Waals surface area contributed by atoms with Crippen LogP contribution in [0.25, 0.3) is 0 Å². The van der Waals surface area contributed by atoms with Gasteiger partial charge in [0.15, 0.2) is 11.6 Å². The second-order valence-electron chi connectivity index (χ2n) is 9.13. The van der Waals surface area contributed by atoms with Crippen LogP contribution in [0.4, 0.5) is 8.78 Å². The van der Waals surface area contributed by atoms with Gasteiger partial charge in [-0.15, -0.1) is 0 Å². The molecule has 0 N–H and O–H groups in total. The highest BCUT2D eigenvalue weighted by molar-refractivity contribution is 5.33. The Balaban J connectivity index is 1.41. The third-order valence-electron chi connectivity index (χ3n) is 7.28. The summed E-state index contributed by atoms with van der Waals surface area (Å²) >= 11 is 0. The summed E-state index contributed by atoms with van der Waals surface area (Å²) in [5.41, 5.74) is 0.524.